The van der Waals surface area contributed by atoms with Crippen molar-refractivity contribution in [1.82, 2.24) is 4.90 Å². The largest absolute Gasteiger partial charge is 0.395 e. The highest BCUT2D eigenvalue weighted by molar-refractivity contribution is 4.72. The van der Waals surface area contributed by atoms with Crippen LogP contribution in [0.1, 0.15) is 13.8 Å². The van der Waals surface area contributed by atoms with E-state index in [0.717, 1.165) is 13.1 Å². The van der Waals surface area contributed by atoms with Gasteiger partial charge in [0.05, 0.1) is 13.2 Å². The number of methoxy groups -OCH3 is 1. The number of rotatable bonds is 8. The molecule has 0 aliphatic carbocycles. The van der Waals surface area contributed by atoms with E-state index in [1.54, 1.807) is 7.11 Å². The van der Waals surface area contributed by atoms with Gasteiger partial charge in [-0.15, -0.1) is 0 Å². The topological polar surface area (TPSA) is 58.7 Å². The van der Waals surface area contributed by atoms with Gasteiger partial charge < -0.3 is 15.6 Å². The lowest BCUT2D eigenvalue weighted by Gasteiger charge is -2.30. The van der Waals surface area contributed by atoms with Crippen molar-refractivity contribution in [3.63, 3.8) is 0 Å². The molecular formula is C10H24N2O2. The van der Waals surface area contributed by atoms with E-state index in [-0.39, 0.29) is 12.6 Å². The predicted molar refractivity (Wildman–Crippen MR) is 58.2 cm³/mol. The molecule has 4 nitrogen and oxygen atoms in total. The van der Waals surface area contributed by atoms with Crippen LogP contribution in [-0.2, 0) is 4.74 Å². The normalized spacial score (nSPS) is 13.9. The number of hydrogen-bond donors (Lipinski definition) is 2. The second-order valence-corrected chi connectivity index (χ2v) is 3.95. The maximum Gasteiger partial charge on any atom is 0.0599 e. The fraction of sp³-hybridized carbons (Fsp3) is 1.00. The van der Waals surface area contributed by atoms with Crippen molar-refractivity contribution >= 4 is 0 Å². The van der Waals surface area contributed by atoms with Crippen molar-refractivity contribution in [2.24, 2.45) is 11.7 Å². The Morgan fingerprint density at radius 3 is 2.43 bits per heavy atom. The van der Waals surface area contributed by atoms with Gasteiger partial charge in [0.2, 0.25) is 0 Å². The minimum absolute atomic E-state index is 0.0625. The third-order valence-electron chi connectivity index (χ3n) is 2.18. The van der Waals surface area contributed by atoms with Crippen molar-refractivity contribution in [2.45, 2.75) is 19.9 Å². The number of aliphatic hydroxyl groups is 1. The van der Waals surface area contributed by atoms with Gasteiger partial charge in [-0.2, -0.15) is 0 Å². The fourth-order valence-corrected chi connectivity index (χ4v) is 1.44. The zero-order valence-electron chi connectivity index (χ0n) is 9.57. The number of hydrogen-bond acceptors (Lipinski definition) is 4. The van der Waals surface area contributed by atoms with Crippen LogP contribution in [0, 0.1) is 5.92 Å². The molecule has 0 heterocycles. The van der Waals surface area contributed by atoms with Crippen molar-refractivity contribution in [3.8, 4) is 0 Å². The van der Waals surface area contributed by atoms with Gasteiger partial charge in [0.15, 0.2) is 0 Å². The van der Waals surface area contributed by atoms with Crippen LogP contribution in [0.4, 0.5) is 0 Å². The maximum absolute atomic E-state index is 9.15. The van der Waals surface area contributed by atoms with Gasteiger partial charge in [-0.05, 0) is 5.92 Å². The molecule has 0 spiro atoms. The third kappa shape index (κ3) is 5.54. The number of ether oxygens (including phenoxy) is 1. The average molecular weight is 204 g/mol. The van der Waals surface area contributed by atoms with Crippen LogP contribution in [0.3, 0.4) is 0 Å². The molecule has 1 atom stereocenters. The van der Waals surface area contributed by atoms with Crippen LogP contribution in [0.15, 0.2) is 0 Å². The summed E-state index contributed by atoms with van der Waals surface area (Å²) in [6, 6.07) is 0.0625. The van der Waals surface area contributed by atoms with Crippen LogP contribution in [0.25, 0.3) is 0 Å². The van der Waals surface area contributed by atoms with Gasteiger partial charge in [-0.3, -0.25) is 4.90 Å². The fourth-order valence-electron chi connectivity index (χ4n) is 1.44. The van der Waals surface area contributed by atoms with E-state index in [2.05, 4.69) is 18.7 Å². The summed E-state index contributed by atoms with van der Waals surface area (Å²) in [5, 5.41) is 9.15. The number of nitrogens with zero attached hydrogens (tertiary/aromatic N) is 1. The molecule has 0 saturated carbocycles. The lowest BCUT2D eigenvalue weighted by Crippen LogP contribution is -2.46. The quantitative estimate of drug-likeness (QED) is 0.580. The van der Waals surface area contributed by atoms with Crippen molar-refractivity contribution < 1.29 is 9.84 Å². The average Bonchev–Trinajstić information content (AvgIpc) is 2.15. The van der Waals surface area contributed by atoms with E-state index >= 15 is 0 Å². The Hall–Kier alpha value is -0.160. The molecule has 0 bridgehead atoms. The Labute approximate surface area is 87.0 Å². The van der Waals surface area contributed by atoms with E-state index in [1.165, 1.54) is 0 Å². The second-order valence-electron chi connectivity index (χ2n) is 3.95. The van der Waals surface area contributed by atoms with Crippen LogP contribution >= 0.6 is 0 Å². The first-order valence-corrected chi connectivity index (χ1v) is 5.19. The molecule has 4 heteroatoms. The molecule has 3 N–H and O–H groups in total. The summed E-state index contributed by atoms with van der Waals surface area (Å²) in [6.07, 6.45) is 0. The number of nitrogens with two attached hydrogens (primary N) is 1. The summed E-state index contributed by atoms with van der Waals surface area (Å²) in [4.78, 5) is 2.19. The van der Waals surface area contributed by atoms with Crippen molar-refractivity contribution in [2.75, 3.05) is 40.0 Å². The highest BCUT2D eigenvalue weighted by Gasteiger charge is 2.16. The Balaban J connectivity index is 4.06. The van der Waals surface area contributed by atoms with Crippen LogP contribution in [-0.4, -0.2) is 56.0 Å². The second kappa shape index (κ2) is 8.17. The maximum atomic E-state index is 9.15. The Morgan fingerprint density at radius 2 is 2.07 bits per heavy atom. The first kappa shape index (κ1) is 13.8. The highest BCUT2D eigenvalue weighted by atomic mass is 16.5. The SMILES string of the molecule is COCCN(CC(C)C)C(CN)CO. The molecule has 0 rings (SSSR count). The molecule has 0 aliphatic rings. The van der Waals surface area contributed by atoms with Gasteiger partial charge in [-0.25, -0.2) is 0 Å². The summed E-state index contributed by atoms with van der Waals surface area (Å²) in [5.74, 6) is 0.576. The van der Waals surface area contributed by atoms with E-state index in [9.17, 15) is 0 Å². The Morgan fingerprint density at radius 1 is 1.43 bits per heavy atom. The summed E-state index contributed by atoms with van der Waals surface area (Å²) in [7, 11) is 1.68. The minimum atomic E-state index is 0.0625. The monoisotopic (exact) mass is 204 g/mol. The molecular weight excluding hydrogens is 180 g/mol. The van der Waals surface area contributed by atoms with E-state index in [1.807, 2.05) is 0 Å². The molecule has 0 amide bonds. The molecule has 0 radical (unpaired) electrons. The molecule has 0 aromatic heterocycles. The smallest absolute Gasteiger partial charge is 0.0599 e. The molecule has 86 valence electrons. The summed E-state index contributed by atoms with van der Waals surface area (Å²) in [5.41, 5.74) is 5.59. The molecule has 14 heavy (non-hydrogen) atoms. The lowest BCUT2D eigenvalue weighted by atomic mass is 10.1. The lowest BCUT2D eigenvalue weighted by molar-refractivity contribution is 0.0816. The molecule has 0 aromatic carbocycles. The molecule has 1 unspecified atom stereocenters. The number of aliphatic hydroxyl groups excluding tert-OH is 1. The third-order valence-corrected chi connectivity index (χ3v) is 2.18. The summed E-state index contributed by atoms with van der Waals surface area (Å²) in [6.45, 7) is 7.39. The van der Waals surface area contributed by atoms with Gasteiger partial charge in [0.1, 0.15) is 0 Å². The highest BCUT2D eigenvalue weighted by Crippen LogP contribution is 2.03. The molecule has 0 saturated heterocycles. The van der Waals surface area contributed by atoms with E-state index in [4.69, 9.17) is 15.6 Å². The minimum Gasteiger partial charge on any atom is -0.395 e. The molecule has 0 aliphatic heterocycles. The molecule has 0 aromatic rings. The van der Waals surface area contributed by atoms with E-state index in [0.29, 0.717) is 19.1 Å². The van der Waals surface area contributed by atoms with Crippen molar-refractivity contribution in [1.29, 1.82) is 0 Å². The van der Waals surface area contributed by atoms with Gasteiger partial charge in [-0.1, -0.05) is 13.8 Å². The summed E-state index contributed by atoms with van der Waals surface area (Å²) >= 11 is 0. The first-order chi connectivity index (χ1) is 6.65. The van der Waals surface area contributed by atoms with Crippen LogP contribution in [0.5, 0.6) is 0 Å². The Bertz CT molecular complexity index is 127. The van der Waals surface area contributed by atoms with E-state index < -0.39 is 0 Å². The van der Waals surface area contributed by atoms with Crippen LogP contribution < -0.4 is 5.73 Å². The zero-order valence-corrected chi connectivity index (χ0v) is 9.57. The van der Waals surface area contributed by atoms with Crippen molar-refractivity contribution in [3.05, 3.63) is 0 Å². The van der Waals surface area contributed by atoms with Gasteiger partial charge in [0, 0.05) is 32.8 Å². The first-order valence-electron chi connectivity index (χ1n) is 5.19. The van der Waals surface area contributed by atoms with Crippen LogP contribution in [0.2, 0.25) is 0 Å². The Kier molecular flexibility index (Phi) is 8.08. The standard InChI is InChI=1S/C10H24N2O2/c1-9(2)7-12(4-5-14-3)10(6-11)8-13/h9-10,13H,4-8,11H2,1-3H3. The molecule has 0 fully saturated rings. The zero-order chi connectivity index (χ0) is 11.0. The van der Waals surface area contributed by atoms with Gasteiger partial charge in [0.25, 0.3) is 0 Å². The summed E-state index contributed by atoms with van der Waals surface area (Å²) < 4.78 is 5.03. The van der Waals surface area contributed by atoms with Gasteiger partial charge >= 0.3 is 0 Å². The predicted octanol–water partition coefficient (Wildman–Crippen LogP) is -0.0896.